The lowest BCUT2D eigenvalue weighted by Gasteiger charge is -2.47. The molecular formula is C18H25N3O2. The molecule has 3 aliphatic rings. The van der Waals surface area contributed by atoms with Crippen LogP contribution in [0.5, 0.6) is 0 Å². The molecule has 124 valence electrons. The number of rotatable bonds is 3. The number of carbonyl (C=O) groups excluding carboxylic acids is 1. The van der Waals surface area contributed by atoms with E-state index >= 15 is 0 Å². The van der Waals surface area contributed by atoms with E-state index in [1.54, 1.807) is 0 Å². The van der Waals surface area contributed by atoms with Crippen molar-refractivity contribution in [2.75, 3.05) is 6.54 Å². The van der Waals surface area contributed by atoms with Crippen molar-refractivity contribution in [1.82, 2.24) is 15.6 Å². The third-order valence-electron chi connectivity index (χ3n) is 6.00. The number of aryl methyl sites for hydroxylation is 2. The van der Waals surface area contributed by atoms with Crippen molar-refractivity contribution in [3.05, 3.63) is 33.2 Å². The maximum absolute atomic E-state index is 12.5. The van der Waals surface area contributed by atoms with E-state index in [0.29, 0.717) is 12.1 Å². The predicted molar refractivity (Wildman–Crippen MR) is 88.2 cm³/mol. The molecule has 1 saturated carbocycles. The van der Waals surface area contributed by atoms with Gasteiger partial charge in [0, 0.05) is 29.8 Å². The fourth-order valence-corrected chi connectivity index (χ4v) is 4.55. The van der Waals surface area contributed by atoms with Crippen LogP contribution in [0.15, 0.2) is 10.9 Å². The molecule has 0 bridgehead atoms. The van der Waals surface area contributed by atoms with E-state index in [2.05, 4.69) is 15.6 Å². The first-order chi connectivity index (χ1) is 11.2. The molecule has 1 spiro atoms. The van der Waals surface area contributed by atoms with Crippen molar-refractivity contribution in [3.8, 4) is 0 Å². The Balaban J connectivity index is 1.43. The van der Waals surface area contributed by atoms with E-state index in [4.69, 9.17) is 0 Å². The lowest BCUT2D eigenvalue weighted by atomic mass is 9.71. The van der Waals surface area contributed by atoms with Gasteiger partial charge in [0.2, 0.25) is 5.91 Å². The standard InChI is InChI=1S/C18H25N3O2/c22-16-13(9-12-5-1-2-6-14(12)21-16)10-19-17(23)15-18(11-20-15)7-3-4-8-18/h9,15,20H,1-8,10-11H2,(H,19,23)(H,21,22). The number of carbonyl (C=O) groups is 1. The predicted octanol–water partition coefficient (Wildman–Crippen LogP) is 1.40. The summed E-state index contributed by atoms with van der Waals surface area (Å²) in [6, 6.07) is 1.93. The number of aromatic nitrogens is 1. The summed E-state index contributed by atoms with van der Waals surface area (Å²) in [7, 11) is 0. The summed E-state index contributed by atoms with van der Waals surface area (Å²) in [4.78, 5) is 27.7. The molecule has 1 atom stereocenters. The first-order valence-corrected chi connectivity index (χ1v) is 8.93. The molecule has 5 nitrogen and oxygen atoms in total. The Kier molecular flexibility index (Phi) is 3.76. The minimum absolute atomic E-state index is 0.0512. The third-order valence-corrected chi connectivity index (χ3v) is 6.00. The fourth-order valence-electron chi connectivity index (χ4n) is 4.55. The van der Waals surface area contributed by atoms with Crippen LogP contribution in [0.2, 0.25) is 0 Å². The number of amides is 1. The molecule has 2 heterocycles. The zero-order chi connectivity index (χ0) is 15.9. The molecule has 3 N–H and O–H groups in total. The second-order valence-electron chi connectivity index (χ2n) is 7.44. The Bertz CT molecular complexity index is 673. The molecular weight excluding hydrogens is 290 g/mol. The molecule has 1 aliphatic heterocycles. The number of nitrogens with one attached hydrogen (secondary N) is 3. The number of fused-ring (bicyclic) bond motifs is 1. The lowest BCUT2D eigenvalue weighted by Crippen LogP contribution is -2.67. The molecule has 4 rings (SSSR count). The molecule has 2 fully saturated rings. The molecule has 1 saturated heterocycles. The van der Waals surface area contributed by atoms with Crippen LogP contribution in [0.4, 0.5) is 0 Å². The Morgan fingerprint density at radius 2 is 2.00 bits per heavy atom. The van der Waals surface area contributed by atoms with Crippen molar-refractivity contribution >= 4 is 5.91 Å². The molecule has 0 radical (unpaired) electrons. The minimum Gasteiger partial charge on any atom is -0.350 e. The van der Waals surface area contributed by atoms with E-state index in [0.717, 1.165) is 44.3 Å². The topological polar surface area (TPSA) is 74.0 Å². The van der Waals surface area contributed by atoms with Gasteiger partial charge in [-0.2, -0.15) is 0 Å². The Morgan fingerprint density at radius 1 is 1.22 bits per heavy atom. The van der Waals surface area contributed by atoms with Crippen LogP contribution in [0, 0.1) is 5.41 Å². The van der Waals surface area contributed by atoms with Crippen LogP contribution in [0.25, 0.3) is 0 Å². The highest BCUT2D eigenvalue weighted by Crippen LogP contribution is 2.45. The van der Waals surface area contributed by atoms with Gasteiger partial charge in [-0.15, -0.1) is 0 Å². The van der Waals surface area contributed by atoms with Crippen molar-refractivity contribution in [1.29, 1.82) is 0 Å². The van der Waals surface area contributed by atoms with Gasteiger partial charge in [-0.3, -0.25) is 9.59 Å². The lowest BCUT2D eigenvalue weighted by molar-refractivity contribution is -0.130. The average Bonchev–Trinajstić information content (AvgIpc) is 3.04. The molecule has 1 aromatic heterocycles. The zero-order valence-corrected chi connectivity index (χ0v) is 13.5. The summed E-state index contributed by atoms with van der Waals surface area (Å²) in [5.41, 5.74) is 3.14. The summed E-state index contributed by atoms with van der Waals surface area (Å²) < 4.78 is 0. The smallest absolute Gasteiger partial charge is 0.253 e. The highest BCUT2D eigenvalue weighted by atomic mass is 16.2. The van der Waals surface area contributed by atoms with Gasteiger partial charge in [-0.1, -0.05) is 12.8 Å². The Morgan fingerprint density at radius 3 is 2.74 bits per heavy atom. The first kappa shape index (κ1) is 14.9. The molecule has 1 aromatic rings. The van der Waals surface area contributed by atoms with Gasteiger partial charge in [0.05, 0.1) is 6.04 Å². The van der Waals surface area contributed by atoms with Crippen LogP contribution in [0.3, 0.4) is 0 Å². The number of H-pyrrole nitrogens is 1. The van der Waals surface area contributed by atoms with Gasteiger partial charge >= 0.3 is 0 Å². The SMILES string of the molecule is O=C(NCc1cc2c([nH]c1=O)CCCC2)C1NCC12CCCC2. The monoisotopic (exact) mass is 315 g/mol. The van der Waals surface area contributed by atoms with Crippen LogP contribution in [-0.4, -0.2) is 23.5 Å². The molecule has 0 aromatic carbocycles. The summed E-state index contributed by atoms with van der Waals surface area (Å²) in [6.45, 7) is 1.29. The van der Waals surface area contributed by atoms with Crippen LogP contribution >= 0.6 is 0 Å². The maximum Gasteiger partial charge on any atom is 0.253 e. The number of hydrogen-bond acceptors (Lipinski definition) is 3. The van der Waals surface area contributed by atoms with E-state index in [9.17, 15) is 9.59 Å². The van der Waals surface area contributed by atoms with Crippen LogP contribution in [0.1, 0.15) is 55.3 Å². The number of aromatic amines is 1. The molecule has 1 amide bonds. The highest BCUT2D eigenvalue weighted by Gasteiger charge is 2.51. The van der Waals surface area contributed by atoms with Gasteiger partial charge in [0.1, 0.15) is 0 Å². The van der Waals surface area contributed by atoms with Crippen LogP contribution < -0.4 is 16.2 Å². The van der Waals surface area contributed by atoms with Crippen molar-refractivity contribution in [2.24, 2.45) is 5.41 Å². The van der Waals surface area contributed by atoms with Gasteiger partial charge < -0.3 is 15.6 Å². The maximum atomic E-state index is 12.5. The molecule has 1 unspecified atom stereocenters. The second-order valence-corrected chi connectivity index (χ2v) is 7.44. The van der Waals surface area contributed by atoms with Gasteiger partial charge in [-0.05, 0) is 50.2 Å². The fraction of sp³-hybridized carbons (Fsp3) is 0.667. The van der Waals surface area contributed by atoms with E-state index in [1.165, 1.54) is 24.8 Å². The minimum atomic E-state index is -0.0679. The van der Waals surface area contributed by atoms with Gasteiger partial charge in [0.15, 0.2) is 0 Å². The van der Waals surface area contributed by atoms with Crippen molar-refractivity contribution in [3.63, 3.8) is 0 Å². The van der Waals surface area contributed by atoms with E-state index < -0.39 is 0 Å². The van der Waals surface area contributed by atoms with Gasteiger partial charge in [-0.25, -0.2) is 0 Å². The van der Waals surface area contributed by atoms with Gasteiger partial charge in [0.25, 0.3) is 5.56 Å². The highest BCUT2D eigenvalue weighted by molar-refractivity contribution is 5.84. The average molecular weight is 315 g/mol. The van der Waals surface area contributed by atoms with Crippen LogP contribution in [-0.2, 0) is 24.2 Å². The summed E-state index contributed by atoms with van der Waals surface area (Å²) >= 11 is 0. The van der Waals surface area contributed by atoms with Crippen molar-refractivity contribution < 1.29 is 4.79 Å². The van der Waals surface area contributed by atoms with E-state index in [-0.39, 0.29) is 22.9 Å². The third kappa shape index (κ3) is 2.61. The number of hydrogen-bond donors (Lipinski definition) is 3. The Hall–Kier alpha value is -1.62. The molecule has 2 aliphatic carbocycles. The van der Waals surface area contributed by atoms with E-state index in [1.807, 2.05) is 6.07 Å². The molecule has 23 heavy (non-hydrogen) atoms. The summed E-state index contributed by atoms with van der Waals surface area (Å²) in [6.07, 6.45) is 9.08. The Labute approximate surface area is 136 Å². The van der Waals surface area contributed by atoms with Crippen molar-refractivity contribution in [2.45, 2.75) is 64.0 Å². The number of pyridine rings is 1. The largest absolute Gasteiger partial charge is 0.350 e. The zero-order valence-electron chi connectivity index (χ0n) is 13.5. The quantitative estimate of drug-likeness (QED) is 0.789. The second kappa shape index (κ2) is 5.78. The molecule has 5 heteroatoms. The normalized spacial score (nSPS) is 25.0. The summed E-state index contributed by atoms with van der Waals surface area (Å²) in [5, 5.41) is 6.26. The summed E-state index contributed by atoms with van der Waals surface area (Å²) in [5.74, 6) is 0.0512. The first-order valence-electron chi connectivity index (χ1n) is 8.93.